The molecule has 0 aromatic rings. The first-order chi connectivity index (χ1) is 3.80. The van der Waals surface area contributed by atoms with Crippen LogP contribution in [0.5, 0.6) is 0 Å². The number of ether oxygens (including phenoxy) is 1. The molecular formula is C6H11NO. The summed E-state index contributed by atoms with van der Waals surface area (Å²) in [5.41, 5.74) is 1.30. The molecule has 0 unspecified atom stereocenters. The standard InChI is InChI=1S/C6H11NO/c1-6-3-4-8-5-7(6)2/h3H,4-5H2,1-2H3. The summed E-state index contributed by atoms with van der Waals surface area (Å²) in [4.78, 5) is 2.07. The maximum atomic E-state index is 5.10. The van der Waals surface area contributed by atoms with Crippen molar-refractivity contribution in [3.63, 3.8) is 0 Å². The molecule has 1 aliphatic heterocycles. The molecule has 0 saturated heterocycles. The lowest BCUT2D eigenvalue weighted by atomic mass is 10.4. The number of nitrogens with zero attached hydrogens (tertiary/aromatic N) is 1. The summed E-state index contributed by atoms with van der Waals surface area (Å²) in [6.07, 6.45) is 2.07. The zero-order chi connectivity index (χ0) is 5.98. The van der Waals surface area contributed by atoms with E-state index in [1.165, 1.54) is 5.70 Å². The minimum absolute atomic E-state index is 0.738. The molecule has 46 valence electrons. The van der Waals surface area contributed by atoms with Crippen LogP contribution in [0.1, 0.15) is 6.92 Å². The van der Waals surface area contributed by atoms with Crippen molar-refractivity contribution in [3.05, 3.63) is 11.8 Å². The Balaban J connectivity index is 2.53. The molecule has 1 aliphatic rings. The first-order valence-corrected chi connectivity index (χ1v) is 2.76. The minimum Gasteiger partial charge on any atom is -0.357 e. The second kappa shape index (κ2) is 2.18. The summed E-state index contributed by atoms with van der Waals surface area (Å²) in [6.45, 7) is 3.60. The van der Waals surface area contributed by atoms with Gasteiger partial charge in [0.2, 0.25) is 0 Å². The van der Waals surface area contributed by atoms with Crippen LogP contribution in [-0.4, -0.2) is 25.3 Å². The van der Waals surface area contributed by atoms with Crippen LogP contribution in [0, 0.1) is 0 Å². The Bertz CT molecular complexity index is 109. The third-order valence-electron chi connectivity index (χ3n) is 1.38. The summed E-state index contributed by atoms with van der Waals surface area (Å²) < 4.78 is 5.10. The molecule has 8 heavy (non-hydrogen) atoms. The Morgan fingerprint density at radius 1 is 1.75 bits per heavy atom. The van der Waals surface area contributed by atoms with E-state index in [-0.39, 0.29) is 0 Å². The summed E-state index contributed by atoms with van der Waals surface area (Å²) >= 11 is 0. The smallest absolute Gasteiger partial charge is 0.118 e. The SMILES string of the molecule is CC1=CCOCN1C. The highest BCUT2D eigenvalue weighted by Crippen LogP contribution is 2.03. The molecule has 0 aliphatic carbocycles. The highest BCUT2D eigenvalue weighted by atomic mass is 16.5. The first kappa shape index (κ1) is 5.63. The second-order valence-electron chi connectivity index (χ2n) is 2.04. The van der Waals surface area contributed by atoms with Crippen molar-refractivity contribution >= 4 is 0 Å². The van der Waals surface area contributed by atoms with Gasteiger partial charge in [0, 0.05) is 12.7 Å². The molecule has 0 aromatic heterocycles. The van der Waals surface area contributed by atoms with Crippen LogP contribution in [0.15, 0.2) is 11.8 Å². The van der Waals surface area contributed by atoms with Gasteiger partial charge in [-0.3, -0.25) is 0 Å². The van der Waals surface area contributed by atoms with Gasteiger partial charge in [-0.1, -0.05) is 0 Å². The van der Waals surface area contributed by atoms with Crippen LogP contribution in [0.3, 0.4) is 0 Å². The largest absolute Gasteiger partial charge is 0.357 e. The molecule has 0 aromatic carbocycles. The van der Waals surface area contributed by atoms with Gasteiger partial charge in [0.15, 0.2) is 0 Å². The quantitative estimate of drug-likeness (QED) is 0.461. The zero-order valence-electron chi connectivity index (χ0n) is 5.35. The molecule has 0 saturated carbocycles. The molecule has 0 amide bonds. The van der Waals surface area contributed by atoms with E-state index in [0.717, 1.165) is 13.3 Å². The predicted molar refractivity (Wildman–Crippen MR) is 32.3 cm³/mol. The molecule has 0 fully saturated rings. The fraction of sp³-hybridized carbons (Fsp3) is 0.667. The molecule has 1 rings (SSSR count). The summed E-state index contributed by atoms with van der Waals surface area (Å²) in [7, 11) is 2.02. The van der Waals surface area contributed by atoms with Crippen LogP contribution < -0.4 is 0 Å². The molecular weight excluding hydrogens is 102 g/mol. The Morgan fingerprint density at radius 2 is 2.50 bits per heavy atom. The Hall–Kier alpha value is -0.500. The van der Waals surface area contributed by atoms with E-state index in [0.29, 0.717) is 0 Å². The van der Waals surface area contributed by atoms with E-state index < -0.39 is 0 Å². The van der Waals surface area contributed by atoms with Gasteiger partial charge >= 0.3 is 0 Å². The Morgan fingerprint density at radius 3 is 2.88 bits per heavy atom. The molecule has 2 heteroatoms. The molecule has 0 spiro atoms. The average molecular weight is 113 g/mol. The fourth-order valence-corrected chi connectivity index (χ4v) is 0.627. The van der Waals surface area contributed by atoms with Gasteiger partial charge in [0.1, 0.15) is 6.73 Å². The van der Waals surface area contributed by atoms with Crippen LogP contribution >= 0.6 is 0 Å². The van der Waals surface area contributed by atoms with Gasteiger partial charge in [0.25, 0.3) is 0 Å². The molecule has 0 N–H and O–H groups in total. The van der Waals surface area contributed by atoms with E-state index in [9.17, 15) is 0 Å². The van der Waals surface area contributed by atoms with E-state index in [4.69, 9.17) is 4.74 Å². The van der Waals surface area contributed by atoms with E-state index in [1.54, 1.807) is 0 Å². The van der Waals surface area contributed by atoms with Crippen LogP contribution in [0.2, 0.25) is 0 Å². The van der Waals surface area contributed by atoms with Crippen molar-refractivity contribution in [3.8, 4) is 0 Å². The lowest BCUT2D eigenvalue weighted by Gasteiger charge is -2.23. The first-order valence-electron chi connectivity index (χ1n) is 2.76. The summed E-state index contributed by atoms with van der Waals surface area (Å²) in [5, 5.41) is 0. The van der Waals surface area contributed by atoms with Gasteiger partial charge in [-0.2, -0.15) is 0 Å². The lowest BCUT2D eigenvalue weighted by molar-refractivity contribution is 0.0618. The van der Waals surface area contributed by atoms with Crippen LogP contribution in [0.4, 0.5) is 0 Å². The third-order valence-corrected chi connectivity index (χ3v) is 1.38. The Kier molecular flexibility index (Phi) is 1.53. The molecule has 0 atom stereocenters. The van der Waals surface area contributed by atoms with Crippen molar-refractivity contribution in [2.75, 3.05) is 20.4 Å². The fourth-order valence-electron chi connectivity index (χ4n) is 0.627. The lowest BCUT2D eigenvalue weighted by Crippen LogP contribution is -2.23. The van der Waals surface area contributed by atoms with Gasteiger partial charge in [0.05, 0.1) is 6.61 Å². The van der Waals surface area contributed by atoms with E-state index in [2.05, 4.69) is 17.9 Å². The topological polar surface area (TPSA) is 12.5 Å². The van der Waals surface area contributed by atoms with Crippen molar-refractivity contribution in [1.82, 2.24) is 4.90 Å². The van der Waals surface area contributed by atoms with Crippen LogP contribution in [-0.2, 0) is 4.74 Å². The second-order valence-corrected chi connectivity index (χ2v) is 2.04. The van der Waals surface area contributed by atoms with Crippen molar-refractivity contribution < 1.29 is 4.74 Å². The number of hydrogen-bond donors (Lipinski definition) is 0. The summed E-state index contributed by atoms with van der Waals surface area (Å²) in [5.74, 6) is 0. The monoisotopic (exact) mass is 113 g/mol. The van der Waals surface area contributed by atoms with Crippen molar-refractivity contribution in [1.29, 1.82) is 0 Å². The molecule has 0 radical (unpaired) electrons. The van der Waals surface area contributed by atoms with Gasteiger partial charge in [-0.05, 0) is 13.0 Å². The van der Waals surface area contributed by atoms with Gasteiger partial charge in [-0.15, -0.1) is 0 Å². The number of rotatable bonds is 0. The normalized spacial score (nSPS) is 20.8. The number of hydrogen-bond acceptors (Lipinski definition) is 2. The van der Waals surface area contributed by atoms with Crippen molar-refractivity contribution in [2.45, 2.75) is 6.92 Å². The molecule has 2 nitrogen and oxygen atoms in total. The highest BCUT2D eigenvalue weighted by molar-refractivity contribution is 4.97. The molecule has 1 heterocycles. The number of allylic oxidation sites excluding steroid dienone is 1. The Labute approximate surface area is 49.7 Å². The maximum Gasteiger partial charge on any atom is 0.118 e. The van der Waals surface area contributed by atoms with Gasteiger partial charge in [-0.25, -0.2) is 0 Å². The highest BCUT2D eigenvalue weighted by Gasteiger charge is 2.01. The minimum atomic E-state index is 0.738. The van der Waals surface area contributed by atoms with Crippen LogP contribution in [0.25, 0.3) is 0 Å². The van der Waals surface area contributed by atoms with Gasteiger partial charge < -0.3 is 9.64 Å². The molecule has 0 bridgehead atoms. The maximum absolute atomic E-state index is 5.10. The zero-order valence-corrected chi connectivity index (χ0v) is 5.35. The average Bonchev–Trinajstić information content (AvgIpc) is 1.77. The van der Waals surface area contributed by atoms with Crippen molar-refractivity contribution in [2.24, 2.45) is 0 Å². The summed E-state index contributed by atoms with van der Waals surface area (Å²) in [6, 6.07) is 0. The predicted octanol–water partition coefficient (Wildman–Crippen LogP) is 0.810. The third kappa shape index (κ3) is 1.01. The van der Waals surface area contributed by atoms with E-state index in [1.807, 2.05) is 7.05 Å². The van der Waals surface area contributed by atoms with E-state index >= 15 is 0 Å².